The van der Waals surface area contributed by atoms with Crippen molar-refractivity contribution in [1.29, 1.82) is 0 Å². The number of pyridine rings is 1. The van der Waals surface area contributed by atoms with Crippen LogP contribution in [0.2, 0.25) is 0 Å². The number of aromatic nitrogens is 2. The molecule has 1 aliphatic heterocycles. The number of piperidine rings is 1. The molecule has 0 unspecified atom stereocenters. The van der Waals surface area contributed by atoms with E-state index in [1.807, 2.05) is 71.1 Å². The van der Waals surface area contributed by atoms with Crippen molar-refractivity contribution in [3.8, 4) is 5.75 Å². The Labute approximate surface area is 210 Å². The van der Waals surface area contributed by atoms with Crippen LogP contribution in [0.25, 0.3) is 5.65 Å². The number of benzene rings is 2. The summed E-state index contributed by atoms with van der Waals surface area (Å²) >= 11 is 0. The lowest BCUT2D eigenvalue weighted by atomic mass is 10.1. The molecule has 0 atom stereocenters. The summed E-state index contributed by atoms with van der Waals surface area (Å²) in [5.74, 6) is 0.509. The molecule has 0 bridgehead atoms. The van der Waals surface area contributed by atoms with Gasteiger partial charge in [-0.15, -0.1) is 0 Å². The number of hydrogen-bond acceptors (Lipinski definition) is 4. The maximum Gasteiger partial charge on any atom is 0.253 e. The van der Waals surface area contributed by atoms with E-state index in [0.29, 0.717) is 30.0 Å². The first kappa shape index (κ1) is 23.6. The topological polar surface area (TPSA) is 75.9 Å². The van der Waals surface area contributed by atoms with E-state index in [1.165, 1.54) is 6.42 Å². The van der Waals surface area contributed by atoms with E-state index < -0.39 is 0 Å². The highest BCUT2D eigenvalue weighted by Crippen LogP contribution is 2.17. The summed E-state index contributed by atoms with van der Waals surface area (Å²) in [5, 5.41) is 2.95. The molecule has 1 saturated heterocycles. The molecule has 7 nitrogen and oxygen atoms in total. The van der Waals surface area contributed by atoms with Crippen molar-refractivity contribution in [1.82, 2.24) is 19.6 Å². The van der Waals surface area contributed by atoms with Gasteiger partial charge in [-0.2, -0.15) is 0 Å². The van der Waals surface area contributed by atoms with Gasteiger partial charge in [-0.05, 0) is 73.7 Å². The van der Waals surface area contributed by atoms with Crippen molar-refractivity contribution >= 4 is 17.5 Å². The van der Waals surface area contributed by atoms with Gasteiger partial charge in [0.2, 0.25) is 0 Å². The third-order valence-corrected chi connectivity index (χ3v) is 6.43. The zero-order valence-electron chi connectivity index (χ0n) is 20.4. The van der Waals surface area contributed by atoms with Gasteiger partial charge >= 0.3 is 0 Å². The molecule has 1 N–H and O–H groups in total. The minimum Gasteiger partial charge on any atom is -0.487 e. The summed E-state index contributed by atoms with van der Waals surface area (Å²) in [6, 6.07) is 18.6. The average Bonchev–Trinajstić information content (AvgIpc) is 3.33. The molecular formula is C29H30N4O3. The van der Waals surface area contributed by atoms with Gasteiger partial charge in [-0.25, -0.2) is 4.98 Å². The van der Waals surface area contributed by atoms with Gasteiger partial charge in [0.05, 0.1) is 5.69 Å². The Morgan fingerprint density at radius 1 is 0.944 bits per heavy atom. The van der Waals surface area contributed by atoms with Crippen LogP contribution in [0.1, 0.15) is 56.8 Å². The van der Waals surface area contributed by atoms with E-state index in [-0.39, 0.29) is 11.8 Å². The number of nitrogens with one attached hydrogen (secondary N) is 1. The summed E-state index contributed by atoms with van der Waals surface area (Å²) in [4.78, 5) is 31.9. The molecule has 0 saturated carbocycles. The number of imidazole rings is 1. The van der Waals surface area contributed by atoms with Gasteiger partial charge in [0.15, 0.2) is 0 Å². The zero-order chi connectivity index (χ0) is 24.9. The van der Waals surface area contributed by atoms with Crippen molar-refractivity contribution < 1.29 is 14.3 Å². The molecule has 36 heavy (non-hydrogen) atoms. The molecule has 2 aromatic heterocycles. The summed E-state index contributed by atoms with van der Waals surface area (Å²) in [5.41, 5.74) is 5.00. The van der Waals surface area contributed by atoms with Gasteiger partial charge in [0.25, 0.3) is 11.8 Å². The highest BCUT2D eigenvalue weighted by Gasteiger charge is 2.18. The van der Waals surface area contributed by atoms with Crippen molar-refractivity contribution in [3.05, 3.63) is 101 Å². The van der Waals surface area contributed by atoms with E-state index in [4.69, 9.17) is 4.74 Å². The van der Waals surface area contributed by atoms with Crippen LogP contribution < -0.4 is 10.1 Å². The number of fused-ring (bicyclic) bond motifs is 1. The molecule has 5 rings (SSSR count). The van der Waals surface area contributed by atoms with E-state index in [2.05, 4.69) is 10.3 Å². The quantitative estimate of drug-likeness (QED) is 0.411. The lowest BCUT2D eigenvalue weighted by Gasteiger charge is -2.26. The standard InChI is InChI=1S/C29H30N4O3/c1-21-8-13-27-31-25(19-33(27)18-21)20-36-26-7-5-6-24(16-26)28(34)30-17-22-9-11-23(12-10-22)29(35)32-14-3-2-4-15-32/h5-13,16,18-19H,2-4,14-15,17,20H2,1H3,(H,30,34). The van der Waals surface area contributed by atoms with Crippen LogP contribution >= 0.6 is 0 Å². The largest absolute Gasteiger partial charge is 0.487 e. The first-order valence-electron chi connectivity index (χ1n) is 12.4. The molecule has 1 aliphatic rings. The Balaban J connectivity index is 1.15. The summed E-state index contributed by atoms with van der Waals surface area (Å²) in [6.45, 7) is 4.39. The monoisotopic (exact) mass is 482 g/mol. The Kier molecular flexibility index (Phi) is 6.98. The number of aryl methyl sites for hydroxylation is 1. The molecule has 2 amide bonds. The predicted octanol–water partition coefficient (Wildman–Crippen LogP) is 4.78. The molecular weight excluding hydrogens is 452 g/mol. The number of amides is 2. The van der Waals surface area contributed by atoms with Gasteiger partial charge in [0, 0.05) is 43.2 Å². The number of ether oxygens (including phenoxy) is 1. The summed E-state index contributed by atoms with van der Waals surface area (Å²) in [6.07, 6.45) is 7.31. The Morgan fingerprint density at radius 2 is 1.75 bits per heavy atom. The third kappa shape index (κ3) is 5.57. The maximum absolute atomic E-state index is 12.7. The average molecular weight is 483 g/mol. The maximum atomic E-state index is 12.7. The van der Waals surface area contributed by atoms with E-state index in [1.54, 1.807) is 18.2 Å². The fourth-order valence-electron chi connectivity index (χ4n) is 4.44. The van der Waals surface area contributed by atoms with Crippen LogP contribution in [0.3, 0.4) is 0 Å². The molecule has 3 heterocycles. The Bertz CT molecular complexity index is 1370. The Morgan fingerprint density at radius 3 is 2.56 bits per heavy atom. The summed E-state index contributed by atoms with van der Waals surface area (Å²) in [7, 11) is 0. The minimum absolute atomic E-state index is 0.0841. The fraction of sp³-hybridized carbons (Fsp3) is 0.276. The van der Waals surface area contributed by atoms with Crippen LogP contribution in [0.4, 0.5) is 0 Å². The van der Waals surface area contributed by atoms with Crippen LogP contribution in [0.15, 0.2) is 73.1 Å². The van der Waals surface area contributed by atoms with Crippen molar-refractivity contribution in [2.45, 2.75) is 39.3 Å². The number of carbonyl (C=O) groups excluding carboxylic acids is 2. The van der Waals surface area contributed by atoms with Gasteiger partial charge < -0.3 is 19.4 Å². The van der Waals surface area contributed by atoms with Crippen LogP contribution in [0.5, 0.6) is 5.75 Å². The third-order valence-electron chi connectivity index (χ3n) is 6.43. The molecule has 2 aromatic carbocycles. The summed E-state index contributed by atoms with van der Waals surface area (Å²) < 4.78 is 7.88. The van der Waals surface area contributed by atoms with Crippen molar-refractivity contribution in [3.63, 3.8) is 0 Å². The van der Waals surface area contributed by atoms with E-state index in [9.17, 15) is 9.59 Å². The minimum atomic E-state index is -0.183. The first-order valence-corrected chi connectivity index (χ1v) is 12.4. The van der Waals surface area contributed by atoms with Crippen LogP contribution in [-0.2, 0) is 13.2 Å². The first-order chi connectivity index (χ1) is 17.5. The van der Waals surface area contributed by atoms with Crippen molar-refractivity contribution in [2.75, 3.05) is 13.1 Å². The second kappa shape index (κ2) is 10.6. The van der Waals surface area contributed by atoms with Crippen LogP contribution in [-0.4, -0.2) is 39.2 Å². The van der Waals surface area contributed by atoms with E-state index >= 15 is 0 Å². The zero-order valence-corrected chi connectivity index (χ0v) is 20.4. The number of hydrogen-bond donors (Lipinski definition) is 1. The smallest absolute Gasteiger partial charge is 0.253 e. The second-order valence-corrected chi connectivity index (χ2v) is 9.25. The molecule has 4 aromatic rings. The van der Waals surface area contributed by atoms with Gasteiger partial charge in [-0.3, -0.25) is 9.59 Å². The van der Waals surface area contributed by atoms with Crippen LogP contribution in [0, 0.1) is 6.92 Å². The number of carbonyl (C=O) groups is 2. The molecule has 0 aliphatic carbocycles. The Hall–Kier alpha value is -4.13. The van der Waals surface area contributed by atoms with Crippen molar-refractivity contribution in [2.24, 2.45) is 0 Å². The van der Waals surface area contributed by atoms with E-state index in [0.717, 1.165) is 48.4 Å². The molecule has 0 spiro atoms. The van der Waals surface area contributed by atoms with Gasteiger partial charge in [0.1, 0.15) is 18.0 Å². The normalized spacial score (nSPS) is 13.5. The second-order valence-electron chi connectivity index (χ2n) is 9.25. The highest BCUT2D eigenvalue weighted by molar-refractivity contribution is 5.95. The number of likely N-dealkylation sites (tertiary alicyclic amines) is 1. The molecule has 184 valence electrons. The number of nitrogens with zero attached hydrogens (tertiary/aromatic N) is 3. The fourth-order valence-corrected chi connectivity index (χ4v) is 4.44. The lowest BCUT2D eigenvalue weighted by Crippen LogP contribution is -2.35. The SMILES string of the molecule is Cc1ccc2nc(COc3cccc(C(=O)NCc4ccc(C(=O)N5CCCCC5)cc4)c3)cn2c1. The molecule has 1 fully saturated rings. The lowest BCUT2D eigenvalue weighted by molar-refractivity contribution is 0.0724. The molecule has 0 radical (unpaired) electrons. The van der Waals surface area contributed by atoms with Gasteiger partial charge in [-0.1, -0.05) is 24.3 Å². The number of rotatable bonds is 7. The molecule has 7 heteroatoms. The predicted molar refractivity (Wildman–Crippen MR) is 138 cm³/mol. The highest BCUT2D eigenvalue weighted by atomic mass is 16.5.